The predicted octanol–water partition coefficient (Wildman–Crippen LogP) is 1.82. The molecule has 0 saturated carbocycles. The van der Waals surface area contributed by atoms with Crippen LogP contribution >= 0.6 is 0 Å². The van der Waals surface area contributed by atoms with Gasteiger partial charge in [0.15, 0.2) is 6.29 Å². The van der Waals surface area contributed by atoms with Crippen molar-refractivity contribution >= 4 is 11.8 Å². The third-order valence-corrected chi connectivity index (χ3v) is 4.46. The summed E-state index contributed by atoms with van der Waals surface area (Å²) >= 11 is 0. The Balaban J connectivity index is 2.56. The summed E-state index contributed by atoms with van der Waals surface area (Å²) in [5, 5.41) is 5.48. The van der Waals surface area contributed by atoms with Crippen molar-refractivity contribution < 1.29 is 19.1 Å². The molecule has 1 aliphatic heterocycles. The fourth-order valence-corrected chi connectivity index (χ4v) is 2.39. The number of imide groups is 1. The lowest BCUT2D eigenvalue weighted by Crippen LogP contribution is -2.54. The largest absolute Gasteiger partial charge is 0.401 e. The molecule has 1 rings (SSSR count). The number of nitrogens with one attached hydrogen (secondary N) is 2. The minimum atomic E-state index is -0.828. The summed E-state index contributed by atoms with van der Waals surface area (Å²) in [4.78, 5) is 24.4. The van der Waals surface area contributed by atoms with Gasteiger partial charge >= 0.3 is 0 Å². The molecule has 0 bridgehead atoms. The van der Waals surface area contributed by atoms with Gasteiger partial charge in [-0.05, 0) is 46.1 Å². The van der Waals surface area contributed by atoms with E-state index in [0.29, 0.717) is 25.5 Å². The molecule has 0 aliphatic carbocycles. The summed E-state index contributed by atoms with van der Waals surface area (Å²) in [6.45, 7) is 11.0. The number of nitrogens with two attached hydrogens (primary N) is 1. The normalized spacial score (nSPS) is 19.3. The van der Waals surface area contributed by atoms with Crippen molar-refractivity contribution in [3.63, 3.8) is 0 Å². The average molecular weight is 370 g/mol. The topological polar surface area (TPSA) is 103 Å². The third-order valence-electron chi connectivity index (χ3n) is 4.46. The summed E-state index contributed by atoms with van der Waals surface area (Å²) in [6, 6.07) is 0. The molecule has 2 amide bonds. The maximum Gasteiger partial charge on any atom is 0.252 e. The highest BCUT2D eigenvalue weighted by Crippen LogP contribution is 2.25. The van der Waals surface area contributed by atoms with Crippen LogP contribution in [0.1, 0.15) is 60.3 Å². The Morgan fingerprint density at radius 2 is 1.96 bits per heavy atom. The Bertz CT molecular complexity index is 509. The zero-order valence-corrected chi connectivity index (χ0v) is 16.8. The highest BCUT2D eigenvalue weighted by molar-refractivity contribution is 6.04. The molecule has 1 fully saturated rings. The monoisotopic (exact) mass is 369 g/mol. The molecular formula is C19H35N3O4. The maximum absolute atomic E-state index is 12.2. The van der Waals surface area contributed by atoms with Crippen LogP contribution in [0.25, 0.3) is 0 Å². The van der Waals surface area contributed by atoms with Gasteiger partial charge in [-0.25, -0.2) is 0 Å². The highest BCUT2D eigenvalue weighted by atomic mass is 16.7. The smallest absolute Gasteiger partial charge is 0.252 e. The molecule has 7 heteroatoms. The van der Waals surface area contributed by atoms with E-state index in [0.717, 1.165) is 25.7 Å². The van der Waals surface area contributed by atoms with Crippen molar-refractivity contribution in [3.05, 3.63) is 11.8 Å². The Morgan fingerprint density at radius 1 is 1.27 bits per heavy atom. The van der Waals surface area contributed by atoms with E-state index in [2.05, 4.69) is 10.6 Å². The third kappa shape index (κ3) is 7.43. The van der Waals surface area contributed by atoms with Gasteiger partial charge in [0, 0.05) is 23.8 Å². The second-order valence-corrected chi connectivity index (χ2v) is 7.96. The van der Waals surface area contributed by atoms with Crippen molar-refractivity contribution in [2.24, 2.45) is 11.1 Å². The quantitative estimate of drug-likeness (QED) is 0.536. The molecule has 0 aromatic rings. The van der Waals surface area contributed by atoms with Gasteiger partial charge in [0.05, 0.1) is 12.1 Å². The highest BCUT2D eigenvalue weighted by Gasteiger charge is 2.29. The van der Waals surface area contributed by atoms with E-state index < -0.39 is 16.9 Å². The van der Waals surface area contributed by atoms with Crippen LogP contribution in [0.4, 0.5) is 0 Å². The number of hydrogen-bond acceptors (Lipinski definition) is 6. The first-order chi connectivity index (χ1) is 12.1. The van der Waals surface area contributed by atoms with Crippen LogP contribution < -0.4 is 16.4 Å². The summed E-state index contributed by atoms with van der Waals surface area (Å²) < 4.78 is 11.3. The lowest BCUT2D eigenvalue weighted by Gasteiger charge is -2.30. The summed E-state index contributed by atoms with van der Waals surface area (Å²) in [6.07, 6.45) is 4.96. The minimum Gasteiger partial charge on any atom is -0.401 e. The van der Waals surface area contributed by atoms with E-state index in [1.807, 2.05) is 20.8 Å². The maximum atomic E-state index is 12.2. The fraction of sp³-hybridized carbons (Fsp3) is 0.789. The van der Waals surface area contributed by atoms with Crippen molar-refractivity contribution in [3.8, 4) is 0 Å². The number of rotatable bonds is 9. The van der Waals surface area contributed by atoms with Crippen molar-refractivity contribution in [2.75, 3.05) is 19.8 Å². The number of ether oxygens (including phenoxy) is 2. The van der Waals surface area contributed by atoms with Gasteiger partial charge in [0.2, 0.25) is 5.91 Å². The SMILES string of the molecule is CCCNC(C)(C)C(=O)NC(=O)C=C(N)C(C)(C)COC1CCCCO1. The van der Waals surface area contributed by atoms with Gasteiger partial charge in [-0.3, -0.25) is 14.9 Å². The summed E-state index contributed by atoms with van der Waals surface area (Å²) in [5.41, 5.74) is 5.07. The standard InChI is InChI=1S/C19H35N3O4/c1-6-10-21-19(4,5)17(24)22-15(23)12-14(20)18(2,3)13-26-16-9-7-8-11-25-16/h12,16,21H,6-11,13,20H2,1-5H3,(H,22,23,24). The Morgan fingerprint density at radius 3 is 2.54 bits per heavy atom. The molecule has 0 radical (unpaired) electrons. The molecule has 1 aliphatic rings. The summed E-state index contributed by atoms with van der Waals surface area (Å²) in [7, 11) is 0. The second kappa shape index (κ2) is 10.0. The molecule has 1 unspecified atom stereocenters. The molecule has 1 heterocycles. The van der Waals surface area contributed by atoms with Crippen molar-refractivity contribution in [1.82, 2.24) is 10.6 Å². The van der Waals surface area contributed by atoms with Crippen molar-refractivity contribution in [2.45, 2.75) is 72.1 Å². The Labute approximate surface area is 157 Å². The van der Waals surface area contributed by atoms with Crippen LogP contribution in [0.3, 0.4) is 0 Å². The van der Waals surface area contributed by atoms with E-state index in [4.69, 9.17) is 15.2 Å². The lowest BCUT2D eigenvalue weighted by molar-refractivity contribution is -0.173. The first-order valence-electron chi connectivity index (χ1n) is 9.40. The summed E-state index contributed by atoms with van der Waals surface area (Å²) in [5.74, 6) is -0.912. The minimum absolute atomic E-state index is 0.211. The van der Waals surface area contributed by atoms with Gasteiger partial charge < -0.3 is 20.5 Å². The van der Waals surface area contributed by atoms with Gasteiger partial charge in [-0.15, -0.1) is 0 Å². The van der Waals surface area contributed by atoms with Gasteiger partial charge in [0.25, 0.3) is 5.91 Å². The van der Waals surface area contributed by atoms with Gasteiger partial charge in [0.1, 0.15) is 0 Å². The molecular weight excluding hydrogens is 334 g/mol. The van der Waals surface area contributed by atoms with E-state index in [1.54, 1.807) is 13.8 Å². The molecule has 7 nitrogen and oxygen atoms in total. The van der Waals surface area contributed by atoms with E-state index in [1.165, 1.54) is 6.08 Å². The van der Waals surface area contributed by atoms with Gasteiger partial charge in [-0.1, -0.05) is 20.8 Å². The molecule has 0 aromatic carbocycles. The predicted molar refractivity (Wildman–Crippen MR) is 101 cm³/mol. The van der Waals surface area contributed by atoms with Gasteiger partial charge in [-0.2, -0.15) is 0 Å². The van der Waals surface area contributed by atoms with E-state index in [9.17, 15) is 9.59 Å². The average Bonchev–Trinajstić information content (AvgIpc) is 2.59. The molecule has 0 spiro atoms. The number of carbonyl (C=O) groups is 2. The number of amides is 2. The molecule has 0 aromatic heterocycles. The Kier molecular flexibility index (Phi) is 8.73. The fourth-order valence-electron chi connectivity index (χ4n) is 2.39. The number of carbonyl (C=O) groups excluding carboxylic acids is 2. The van der Waals surface area contributed by atoms with Crippen molar-refractivity contribution in [1.29, 1.82) is 0 Å². The lowest BCUT2D eigenvalue weighted by atomic mass is 9.90. The first-order valence-corrected chi connectivity index (χ1v) is 9.40. The first kappa shape index (κ1) is 22.6. The van der Waals surface area contributed by atoms with E-state index >= 15 is 0 Å². The Hall–Kier alpha value is -1.44. The number of hydrogen-bond donors (Lipinski definition) is 3. The van der Waals surface area contributed by atoms with Crippen LogP contribution in [0.15, 0.2) is 11.8 Å². The second-order valence-electron chi connectivity index (χ2n) is 7.96. The molecule has 1 saturated heterocycles. The molecule has 1 atom stereocenters. The zero-order valence-electron chi connectivity index (χ0n) is 16.8. The van der Waals surface area contributed by atoms with Crippen LogP contribution in [-0.4, -0.2) is 43.4 Å². The molecule has 4 N–H and O–H groups in total. The van der Waals surface area contributed by atoms with Crippen LogP contribution in [0.2, 0.25) is 0 Å². The molecule has 150 valence electrons. The molecule has 26 heavy (non-hydrogen) atoms. The zero-order chi connectivity index (χ0) is 19.8. The van der Waals surface area contributed by atoms with Crippen LogP contribution in [-0.2, 0) is 19.1 Å². The van der Waals surface area contributed by atoms with Crippen LogP contribution in [0, 0.1) is 5.41 Å². The van der Waals surface area contributed by atoms with Crippen LogP contribution in [0.5, 0.6) is 0 Å². The van der Waals surface area contributed by atoms with E-state index in [-0.39, 0.29) is 12.2 Å².